The first-order valence-electron chi connectivity index (χ1n) is 6.93. The molecule has 21 heavy (non-hydrogen) atoms. The van der Waals surface area contributed by atoms with Gasteiger partial charge in [0.1, 0.15) is 0 Å². The normalized spacial score (nSPS) is 17.9. The molecule has 7 nitrogen and oxygen atoms in total. The second-order valence-electron chi connectivity index (χ2n) is 4.98. The Balaban J connectivity index is 1.95. The van der Waals surface area contributed by atoms with E-state index < -0.39 is 5.97 Å². The first-order valence-corrected chi connectivity index (χ1v) is 6.93. The monoisotopic (exact) mass is 287 g/mol. The summed E-state index contributed by atoms with van der Waals surface area (Å²) in [7, 11) is 1.36. The summed E-state index contributed by atoms with van der Waals surface area (Å²) < 4.78 is 6.58. The molecular weight excluding hydrogens is 270 g/mol. The lowest BCUT2D eigenvalue weighted by Gasteiger charge is -2.13. The van der Waals surface area contributed by atoms with E-state index in [4.69, 9.17) is 4.74 Å². The molecule has 1 aliphatic rings. The van der Waals surface area contributed by atoms with Crippen LogP contribution in [0.1, 0.15) is 40.6 Å². The van der Waals surface area contributed by atoms with Crippen molar-refractivity contribution in [1.29, 1.82) is 0 Å². The van der Waals surface area contributed by atoms with Gasteiger partial charge in [0.25, 0.3) is 0 Å². The number of hydrogen-bond acceptors (Lipinski definition) is 6. The molecule has 110 valence electrons. The van der Waals surface area contributed by atoms with E-state index in [1.165, 1.54) is 7.11 Å². The highest BCUT2D eigenvalue weighted by atomic mass is 16.5. The van der Waals surface area contributed by atoms with Gasteiger partial charge < -0.3 is 10.1 Å². The van der Waals surface area contributed by atoms with Crippen LogP contribution in [-0.2, 0) is 11.3 Å². The minimum atomic E-state index is -0.445. The Kier molecular flexibility index (Phi) is 3.92. The van der Waals surface area contributed by atoms with E-state index in [0.717, 1.165) is 30.6 Å². The lowest BCUT2D eigenvalue weighted by molar-refractivity contribution is 0.0591. The predicted molar refractivity (Wildman–Crippen MR) is 74.7 cm³/mol. The Bertz CT molecular complexity index is 620. The summed E-state index contributed by atoms with van der Waals surface area (Å²) in [6.07, 6.45) is 5.52. The van der Waals surface area contributed by atoms with E-state index in [9.17, 15) is 4.79 Å². The van der Waals surface area contributed by atoms with Crippen LogP contribution in [-0.4, -0.2) is 39.6 Å². The van der Waals surface area contributed by atoms with Gasteiger partial charge in [-0.05, 0) is 37.1 Å². The molecule has 1 aliphatic heterocycles. The number of nitrogens with one attached hydrogen (secondary N) is 1. The van der Waals surface area contributed by atoms with Crippen LogP contribution < -0.4 is 5.32 Å². The molecule has 2 aromatic rings. The minimum absolute atomic E-state index is 0.0935. The van der Waals surface area contributed by atoms with Crippen molar-refractivity contribution < 1.29 is 9.53 Å². The van der Waals surface area contributed by atoms with E-state index in [2.05, 4.69) is 20.6 Å². The quantitative estimate of drug-likeness (QED) is 0.843. The highest BCUT2D eigenvalue weighted by Crippen LogP contribution is 2.26. The van der Waals surface area contributed by atoms with Gasteiger partial charge in [-0.15, -0.1) is 5.10 Å². The summed E-state index contributed by atoms with van der Waals surface area (Å²) >= 11 is 0. The van der Waals surface area contributed by atoms with Crippen molar-refractivity contribution in [2.45, 2.75) is 25.4 Å². The SMILES string of the molecule is COC(=O)c1nnn(Cc2ccncc2)c1C1CCCN1. The van der Waals surface area contributed by atoms with E-state index in [0.29, 0.717) is 12.2 Å². The number of hydrogen-bond donors (Lipinski definition) is 1. The van der Waals surface area contributed by atoms with Gasteiger partial charge >= 0.3 is 5.97 Å². The van der Waals surface area contributed by atoms with Gasteiger partial charge in [0.2, 0.25) is 0 Å². The fourth-order valence-corrected chi connectivity index (χ4v) is 2.60. The third-order valence-corrected chi connectivity index (χ3v) is 3.62. The van der Waals surface area contributed by atoms with Gasteiger partial charge in [-0.3, -0.25) is 4.98 Å². The number of pyridine rings is 1. The van der Waals surface area contributed by atoms with Crippen molar-refractivity contribution in [1.82, 2.24) is 25.3 Å². The van der Waals surface area contributed by atoms with Gasteiger partial charge in [-0.25, -0.2) is 9.48 Å². The number of aromatic nitrogens is 4. The molecule has 0 radical (unpaired) electrons. The first-order chi connectivity index (χ1) is 10.3. The maximum Gasteiger partial charge on any atom is 0.360 e. The molecule has 0 spiro atoms. The number of esters is 1. The number of nitrogens with zero attached hydrogens (tertiary/aromatic N) is 4. The summed E-state index contributed by atoms with van der Waals surface area (Å²) in [4.78, 5) is 15.9. The smallest absolute Gasteiger partial charge is 0.360 e. The highest BCUT2D eigenvalue weighted by molar-refractivity contribution is 5.88. The first kappa shape index (κ1) is 13.7. The highest BCUT2D eigenvalue weighted by Gasteiger charge is 2.29. The summed E-state index contributed by atoms with van der Waals surface area (Å²) in [5.41, 5.74) is 2.16. The van der Waals surface area contributed by atoms with Gasteiger partial charge in [-0.1, -0.05) is 5.21 Å². The second-order valence-corrected chi connectivity index (χ2v) is 4.98. The zero-order valence-corrected chi connectivity index (χ0v) is 11.8. The molecule has 0 aromatic carbocycles. The van der Waals surface area contributed by atoms with Crippen LogP contribution in [0, 0.1) is 0 Å². The Hall–Kier alpha value is -2.28. The lowest BCUT2D eigenvalue weighted by Crippen LogP contribution is -2.21. The molecule has 1 unspecified atom stereocenters. The maximum atomic E-state index is 11.9. The van der Waals surface area contributed by atoms with Crippen LogP contribution in [0.5, 0.6) is 0 Å². The molecule has 0 aliphatic carbocycles. The fraction of sp³-hybridized carbons (Fsp3) is 0.429. The Morgan fingerprint density at radius 2 is 2.29 bits per heavy atom. The van der Waals surface area contributed by atoms with Crippen molar-refractivity contribution in [3.63, 3.8) is 0 Å². The Morgan fingerprint density at radius 3 is 2.95 bits per heavy atom. The van der Waals surface area contributed by atoms with E-state index in [-0.39, 0.29) is 6.04 Å². The topological polar surface area (TPSA) is 81.9 Å². The van der Waals surface area contributed by atoms with Gasteiger partial charge in [0, 0.05) is 12.4 Å². The van der Waals surface area contributed by atoms with Crippen LogP contribution in [0.4, 0.5) is 0 Å². The molecule has 1 saturated heterocycles. The Morgan fingerprint density at radius 1 is 1.48 bits per heavy atom. The molecule has 3 rings (SSSR count). The molecule has 1 fully saturated rings. The number of ether oxygens (including phenoxy) is 1. The number of carbonyl (C=O) groups excluding carboxylic acids is 1. The van der Waals surface area contributed by atoms with Crippen molar-refractivity contribution in [2.75, 3.05) is 13.7 Å². The summed E-state index contributed by atoms with van der Waals surface area (Å²) in [6.45, 7) is 1.49. The molecular formula is C14H17N5O2. The third-order valence-electron chi connectivity index (χ3n) is 3.62. The van der Waals surface area contributed by atoms with Crippen molar-refractivity contribution in [2.24, 2.45) is 0 Å². The van der Waals surface area contributed by atoms with Crippen LogP contribution in [0.2, 0.25) is 0 Å². The average Bonchev–Trinajstić information content (AvgIpc) is 3.16. The number of methoxy groups -OCH3 is 1. The largest absolute Gasteiger partial charge is 0.464 e. The van der Waals surface area contributed by atoms with Gasteiger partial charge in [-0.2, -0.15) is 0 Å². The summed E-state index contributed by atoms with van der Waals surface area (Å²) in [5, 5.41) is 11.5. The zero-order valence-electron chi connectivity index (χ0n) is 11.8. The molecule has 0 bridgehead atoms. The van der Waals surface area contributed by atoms with Crippen molar-refractivity contribution in [3.05, 3.63) is 41.5 Å². The molecule has 1 N–H and O–H groups in total. The van der Waals surface area contributed by atoms with Crippen LogP contribution in [0.25, 0.3) is 0 Å². The average molecular weight is 287 g/mol. The van der Waals surface area contributed by atoms with E-state index in [1.54, 1.807) is 17.1 Å². The molecule has 7 heteroatoms. The number of carbonyl (C=O) groups is 1. The summed E-state index contributed by atoms with van der Waals surface area (Å²) in [6, 6.07) is 3.94. The van der Waals surface area contributed by atoms with Crippen LogP contribution >= 0.6 is 0 Å². The van der Waals surface area contributed by atoms with Crippen LogP contribution in [0.15, 0.2) is 24.5 Å². The molecule has 0 saturated carbocycles. The predicted octanol–water partition coefficient (Wildman–Crippen LogP) is 0.932. The van der Waals surface area contributed by atoms with Gasteiger partial charge in [0.05, 0.1) is 25.4 Å². The molecule has 3 heterocycles. The summed E-state index contributed by atoms with van der Waals surface area (Å²) in [5.74, 6) is -0.445. The van der Waals surface area contributed by atoms with Crippen LogP contribution in [0.3, 0.4) is 0 Å². The fourth-order valence-electron chi connectivity index (χ4n) is 2.60. The molecule has 1 atom stereocenters. The zero-order chi connectivity index (χ0) is 14.7. The lowest BCUT2D eigenvalue weighted by atomic mass is 10.1. The molecule has 2 aromatic heterocycles. The minimum Gasteiger partial charge on any atom is -0.464 e. The Labute approximate surface area is 122 Å². The second kappa shape index (κ2) is 6.01. The van der Waals surface area contributed by atoms with Crippen molar-refractivity contribution in [3.8, 4) is 0 Å². The molecule has 0 amide bonds. The van der Waals surface area contributed by atoms with E-state index in [1.807, 2.05) is 12.1 Å². The van der Waals surface area contributed by atoms with Gasteiger partial charge in [0.15, 0.2) is 5.69 Å². The maximum absolute atomic E-state index is 11.9. The van der Waals surface area contributed by atoms with E-state index >= 15 is 0 Å². The number of rotatable bonds is 4. The standard InChI is InChI=1S/C14H17N5O2/c1-21-14(20)12-13(11-3-2-6-16-11)19(18-17-12)9-10-4-7-15-8-5-10/h4-5,7-8,11,16H,2-3,6,9H2,1H3. The third kappa shape index (κ3) is 2.78. The van der Waals surface area contributed by atoms with Crippen molar-refractivity contribution >= 4 is 5.97 Å².